The van der Waals surface area contributed by atoms with Gasteiger partial charge in [0.25, 0.3) is 0 Å². The number of H-pyrrole nitrogens is 1. The number of aromatic amines is 1. The Morgan fingerprint density at radius 1 is 1.11 bits per heavy atom. The Balaban J connectivity index is 1.92. The van der Waals surface area contributed by atoms with Crippen molar-refractivity contribution in [1.82, 2.24) is 25.4 Å². The van der Waals surface area contributed by atoms with Crippen LogP contribution >= 0.6 is 11.6 Å². The van der Waals surface area contributed by atoms with Crippen LogP contribution in [0.4, 0.5) is 0 Å². The van der Waals surface area contributed by atoms with Crippen LogP contribution in [0.2, 0.25) is 5.02 Å². The summed E-state index contributed by atoms with van der Waals surface area (Å²) in [4.78, 5) is 6.61. The van der Waals surface area contributed by atoms with Crippen LogP contribution in [0.3, 0.4) is 0 Å². The van der Waals surface area contributed by atoms with Crippen molar-refractivity contribution in [3.63, 3.8) is 0 Å². The van der Waals surface area contributed by atoms with Crippen LogP contribution in [-0.4, -0.2) is 46.3 Å². The van der Waals surface area contributed by atoms with E-state index >= 15 is 0 Å². The van der Waals surface area contributed by atoms with Gasteiger partial charge in [0.15, 0.2) is 0 Å². The highest BCUT2D eigenvalue weighted by atomic mass is 35.5. The number of nitrogens with zero attached hydrogens (tertiary/aromatic N) is 3. The number of piperazine rings is 1. The minimum absolute atomic E-state index is 0.200. The number of aromatic nitrogens is 3. The van der Waals surface area contributed by atoms with E-state index in [1.807, 2.05) is 48.8 Å². The predicted molar refractivity (Wildman–Crippen MR) is 110 cm³/mol. The summed E-state index contributed by atoms with van der Waals surface area (Å²) in [7, 11) is 2.19. The van der Waals surface area contributed by atoms with Crippen LogP contribution < -0.4 is 5.32 Å². The first-order chi connectivity index (χ1) is 13.0. The molecular weight excluding hydrogens is 358 g/mol. The largest absolute Gasteiger partial charge is 0.313 e. The lowest BCUT2D eigenvalue weighted by Crippen LogP contribution is -2.60. The van der Waals surface area contributed by atoms with Crippen LogP contribution in [0, 0.1) is 0 Å². The zero-order chi connectivity index (χ0) is 19.0. The number of hydrogen-bond donors (Lipinski definition) is 2. The molecule has 2 atom stereocenters. The van der Waals surface area contributed by atoms with E-state index in [9.17, 15) is 0 Å². The SMILES string of the molecule is CC1CNCC(C)(c2[nH]nc(-c3ccc(Cl)cc3)c2-c2ccncc2)N1C. The molecular formula is C21H24ClN5. The summed E-state index contributed by atoms with van der Waals surface area (Å²) in [6, 6.07) is 12.3. The lowest BCUT2D eigenvalue weighted by molar-refractivity contribution is 0.0545. The van der Waals surface area contributed by atoms with Gasteiger partial charge in [-0.05, 0) is 50.7 Å². The van der Waals surface area contributed by atoms with Crippen molar-refractivity contribution in [1.29, 1.82) is 0 Å². The van der Waals surface area contributed by atoms with E-state index in [0.29, 0.717) is 6.04 Å². The lowest BCUT2D eigenvalue weighted by Gasteiger charge is -2.46. The molecule has 5 nitrogen and oxygen atoms in total. The fourth-order valence-corrected chi connectivity index (χ4v) is 4.01. The third-order valence-electron chi connectivity index (χ3n) is 5.74. The molecule has 0 saturated carbocycles. The number of pyridine rings is 1. The summed E-state index contributed by atoms with van der Waals surface area (Å²) in [5.74, 6) is 0. The Kier molecular flexibility index (Phi) is 4.76. The zero-order valence-corrected chi connectivity index (χ0v) is 16.6. The van der Waals surface area contributed by atoms with Crippen LogP contribution in [0.25, 0.3) is 22.4 Å². The molecule has 6 heteroatoms. The molecule has 0 aliphatic carbocycles. The van der Waals surface area contributed by atoms with Gasteiger partial charge in [-0.15, -0.1) is 0 Å². The van der Waals surface area contributed by atoms with Crippen molar-refractivity contribution in [2.24, 2.45) is 0 Å². The molecule has 3 aromatic rings. The Morgan fingerprint density at radius 2 is 1.81 bits per heavy atom. The number of rotatable bonds is 3. The van der Waals surface area contributed by atoms with Crippen LogP contribution in [0.15, 0.2) is 48.8 Å². The summed E-state index contributed by atoms with van der Waals surface area (Å²) >= 11 is 6.09. The van der Waals surface area contributed by atoms with Gasteiger partial charge >= 0.3 is 0 Å². The highest BCUT2D eigenvalue weighted by molar-refractivity contribution is 6.30. The van der Waals surface area contributed by atoms with E-state index in [1.165, 1.54) is 0 Å². The van der Waals surface area contributed by atoms with Gasteiger partial charge in [-0.2, -0.15) is 5.10 Å². The second-order valence-corrected chi connectivity index (χ2v) is 7.87. The molecule has 1 aliphatic heterocycles. The van der Waals surface area contributed by atoms with Crippen LogP contribution in [0.5, 0.6) is 0 Å². The molecule has 27 heavy (non-hydrogen) atoms. The van der Waals surface area contributed by atoms with Gasteiger partial charge in [0.1, 0.15) is 5.69 Å². The summed E-state index contributed by atoms with van der Waals surface area (Å²) in [6.07, 6.45) is 3.65. The number of hydrogen-bond acceptors (Lipinski definition) is 4. The van der Waals surface area contributed by atoms with Crippen molar-refractivity contribution in [2.75, 3.05) is 20.1 Å². The number of halogens is 1. The second kappa shape index (κ2) is 7.08. The first-order valence-corrected chi connectivity index (χ1v) is 9.57. The van der Waals surface area contributed by atoms with Gasteiger partial charge in [-0.3, -0.25) is 15.0 Å². The lowest BCUT2D eigenvalue weighted by atomic mass is 9.85. The van der Waals surface area contributed by atoms with E-state index < -0.39 is 0 Å². The molecule has 3 heterocycles. The first kappa shape index (κ1) is 18.2. The predicted octanol–water partition coefficient (Wildman–Crippen LogP) is 3.93. The Morgan fingerprint density at radius 3 is 2.52 bits per heavy atom. The van der Waals surface area contributed by atoms with E-state index in [2.05, 4.69) is 41.2 Å². The monoisotopic (exact) mass is 381 g/mol. The van der Waals surface area contributed by atoms with Gasteiger partial charge in [0.2, 0.25) is 0 Å². The van der Waals surface area contributed by atoms with Gasteiger partial charge in [0, 0.05) is 47.7 Å². The number of likely N-dealkylation sites (N-methyl/N-ethyl adjacent to an activating group) is 1. The quantitative estimate of drug-likeness (QED) is 0.721. The molecule has 2 aromatic heterocycles. The summed E-state index contributed by atoms with van der Waals surface area (Å²) in [5, 5.41) is 12.4. The number of benzene rings is 1. The molecule has 2 N–H and O–H groups in total. The van der Waals surface area contributed by atoms with E-state index in [4.69, 9.17) is 16.7 Å². The maximum absolute atomic E-state index is 6.09. The summed E-state index contributed by atoms with van der Waals surface area (Å²) in [6.45, 7) is 6.34. The zero-order valence-electron chi connectivity index (χ0n) is 15.8. The second-order valence-electron chi connectivity index (χ2n) is 7.43. The fraction of sp³-hybridized carbons (Fsp3) is 0.333. The van der Waals surface area contributed by atoms with Crippen LogP contribution in [0.1, 0.15) is 19.5 Å². The Labute approximate surface area is 164 Å². The van der Waals surface area contributed by atoms with Gasteiger partial charge in [-0.25, -0.2) is 0 Å². The molecule has 1 aromatic carbocycles. The van der Waals surface area contributed by atoms with Gasteiger partial charge < -0.3 is 5.32 Å². The average Bonchev–Trinajstić information content (AvgIpc) is 3.13. The fourth-order valence-electron chi connectivity index (χ4n) is 3.89. The molecule has 0 bridgehead atoms. The summed E-state index contributed by atoms with van der Waals surface area (Å²) in [5.41, 5.74) is 5.10. The maximum atomic E-state index is 6.09. The molecule has 4 rings (SSSR count). The van der Waals surface area contributed by atoms with Crippen LogP contribution in [-0.2, 0) is 5.54 Å². The highest BCUT2D eigenvalue weighted by Crippen LogP contribution is 2.41. The minimum Gasteiger partial charge on any atom is -0.313 e. The summed E-state index contributed by atoms with van der Waals surface area (Å²) < 4.78 is 0. The van der Waals surface area contributed by atoms with Crippen molar-refractivity contribution < 1.29 is 0 Å². The molecule has 1 saturated heterocycles. The minimum atomic E-state index is -0.200. The third kappa shape index (κ3) is 3.16. The standard InChI is InChI=1S/C21H24ClN5/c1-14-12-24-13-21(2,27(14)3)20-18(15-8-10-23-11-9-15)19(25-26-20)16-4-6-17(22)7-5-16/h4-11,14,24H,12-13H2,1-3H3,(H,25,26). The van der Waals surface area contributed by atoms with E-state index in [1.54, 1.807) is 0 Å². The molecule has 0 spiro atoms. The van der Waals surface area contributed by atoms with Gasteiger partial charge in [0.05, 0.1) is 11.2 Å². The number of nitrogens with one attached hydrogen (secondary N) is 2. The topological polar surface area (TPSA) is 56.8 Å². The molecule has 0 amide bonds. The van der Waals surface area contributed by atoms with E-state index in [0.717, 1.165) is 46.2 Å². The highest BCUT2D eigenvalue weighted by Gasteiger charge is 2.41. The molecule has 1 aliphatic rings. The Bertz CT molecular complexity index is 922. The average molecular weight is 382 g/mol. The van der Waals surface area contributed by atoms with Crippen molar-refractivity contribution in [2.45, 2.75) is 25.4 Å². The van der Waals surface area contributed by atoms with Crippen molar-refractivity contribution >= 4 is 11.6 Å². The molecule has 1 fully saturated rings. The Hall–Kier alpha value is -2.21. The first-order valence-electron chi connectivity index (χ1n) is 9.19. The maximum Gasteiger partial charge on any atom is 0.100 e. The molecule has 0 radical (unpaired) electrons. The smallest absolute Gasteiger partial charge is 0.100 e. The van der Waals surface area contributed by atoms with Crippen molar-refractivity contribution in [3.8, 4) is 22.4 Å². The van der Waals surface area contributed by atoms with Crippen molar-refractivity contribution in [3.05, 3.63) is 59.5 Å². The molecule has 2 unspecified atom stereocenters. The third-order valence-corrected chi connectivity index (χ3v) is 5.99. The van der Waals surface area contributed by atoms with E-state index in [-0.39, 0.29) is 5.54 Å². The molecule has 140 valence electrons. The normalized spacial score (nSPS) is 23.5. The van der Waals surface area contributed by atoms with Gasteiger partial charge in [-0.1, -0.05) is 23.7 Å².